The maximum atomic E-state index is 12.3. The molecular formula is C14H19ClN2O. The van der Waals surface area contributed by atoms with Crippen molar-refractivity contribution in [2.24, 2.45) is 0 Å². The maximum Gasteiger partial charge on any atom is 0.155 e. The molecule has 98 valence electrons. The van der Waals surface area contributed by atoms with Crippen LogP contribution >= 0.6 is 11.6 Å². The highest BCUT2D eigenvalue weighted by atomic mass is 35.5. The molecule has 1 aliphatic rings. The molecule has 1 fully saturated rings. The minimum absolute atomic E-state index is 0.00253. The average Bonchev–Trinajstić information content (AvgIpc) is 2.32. The lowest BCUT2D eigenvalue weighted by Gasteiger charge is -2.36. The van der Waals surface area contributed by atoms with Crippen molar-refractivity contribution in [3.05, 3.63) is 34.9 Å². The summed E-state index contributed by atoms with van der Waals surface area (Å²) in [5.41, 5.74) is 0.995. The number of Topliss-reactive ketones (excluding diaryl/α,β-unsaturated/α-hetero) is 1. The van der Waals surface area contributed by atoms with Gasteiger partial charge in [0.15, 0.2) is 5.78 Å². The fourth-order valence-corrected chi connectivity index (χ4v) is 2.54. The summed E-state index contributed by atoms with van der Waals surface area (Å²) in [6.45, 7) is 2.79. The van der Waals surface area contributed by atoms with Crippen LogP contribution < -0.4 is 0 Å². The van der Waals surface area contributed by atoms with E-state index in [1.54, 1.807) is 0 Å². The molecule has 1 aromatic rings. The summed E-state index contributed by atoms with van der Waals surface area (Å²) in [5, 5.41) is 0.689. The molecule has 3 nitrogen and oxygen atoms in total. The highest BCUT2D eigenvalue weighted by Gasteiger charge is 2.28. The van der Waals surface area contributed by atoms with Crippen LogP contribution in [0.15, 0.2) is 24.3 Å². The Bertz CT molecular complexity index is 436. The number of likely N-dealkylation sites (N-methyl/N-ethyl adjacent to an activating group) is 2. The van der Waals surface area contributed by atoms with Gasteiger partial charge in [0.25, 0.3) is 0 Å². The fourth-order valence-electron chi connectivity index (χ4n) is 2.32. The Balaban J connectivity index is 2.02. The topological polar surface area (TPSA) is 23.6 Å². The lowest BCUT2D eigenvalue weighted by Crippen LogP contribution is -2.53. The van der Waals surface area contributed by atoms with Gasteiger partial charge in [0.2, 0.25) is 0 Å². The van der Waals surface area contributed by atoms with Crippen LogP contribution in [0, 0.1) is 0 Å². The minimum Gasteiger partial charge on any atom is -0.303 e. The molecule has 0 aromatic heterocycles. The van der Waals surface area contributed by atoms with Crippen LogP contribution in [-0.4, -0.2) is 55.4 Å². The predicted octanol–water partition coefficient (Wildman–Crippen LogP) is 1.70. The Kier molecular flexibility index (Phi) is 4.38. The first kappa shape index (κ1) is 13.5. The molecule has 0 saturated carbocycles. The monoisotopic (exact) mass is 266 g/mol. The van der Waals surface area contributed by atoms with Crippen molar-refractivity contribution in [3.63, 3.8) is 0 Å². The van der Waals surface area contributed by atoms with Crippen LogP contribution in [0.25, 0.3) is 0 Å². The Morgan fingerprint density at radius 2 is 2.17 bits per heavy atom. The molecule has 4 heteroatoms. The summed E-state index contributed by atoms with van der Waals surface area (Å²) in [7, 11) is 4.08. The molecule has 1 unspecified atom stereocenters. The Labute approximate surface area is 113 Å². The number of benzene rings is 1. The highest BCUT2D eigenvalue weighted by Crippen LogP contribution is 2.14. The maximum absolute atomic E-state index is 12.3. The molecule has 18 heavy (non-hydrogen) atoms. The van der Waals surface area contributed by atoms with Crippen molar-refractivity contribution in [1.29, 1.82) is 0 Å². The first-order valence-electron chi connectivity index (χ1n) is 6.22. The summed E-state index contributed by atoms with van der Waals surface area (Å²) in [5.74, 6) is 0.270. The van der Waals surface area contributed by atoms with Crippen LogP contribution in [0.5, 0.6) is 0 Å². The van der Waals surface area contributed by atoms with Crippen molar-refractivity contribution < 1.29 is 4.79 Å². The SMILES string of the molecule is CN1CCN(C)C(C(=O)Cc2cccc(Cl)c2)C1. The third-order valence-corrected chi connectivity index (χ3v) is 3.73. The van der Waals surface area contributed by atoms with Crippen LogP contribution in [0.2, 0.25) is 5.02 Å². The van der Waals surface area contributed by atoms with Crippen molar-refractivity contribution >= 4 is 17.4 Å². The van der Waals surface area contributed by atoms with E-state index in [4.69, 9.17) is 11.6 Å². The number of hydrogen-bond donors (Lipinski definition) is 0. The second-order valence-electron chi connectivity index (χ2n) is 5.03. The third kappa shape index (κ3) is 3.31. The van der Waals surface area contributed by atoms with Crippen molar-refractivity contribution in [3.8, 4) is 0 Å². The van der Waals surface area contributed by atoms with E-state index in [0.717, 1.165) is 25.2 Å². The number of nitrogens with zero attached hydrogens (tertiary/aromatic N) is 2. The Morgan fingerprint density at radius 3 is 2.89 bits per heavy atom. The largest absolute Gasteiger partial charge is 0.303 e. The first-order valence-corrected chi connectivity index (χ1v) is 6.60. The van der Waals surface area contributed by atoms with Gasteiger partial charge in [-0.25, -0.2) is 0 Å². The molecule has 1 aromatic carbocycles. The van der Waals surface area contributed by atoms with Gasteiger partial charge < -0.3 is 4.90 Å². The van der Waals surface area contributed by atoms with Gasteiger partial charge in [-0.05, 0) is 31.8 Å². The lowest BCUT2D eigenvalue weighted by molar-refractivity contribution is -0.125. The molecule has 1 aliphatic heterocycles. The van der Waals surface area contributed by atoms with Gasteiger partial charge in [-0.3, -0.25) is 9.69 Å². The molecule has 0 radical (unpaired) electrons. The molecule has 1 saturated heterocycles. The molecule has 1 heterocycles. The summed E-state index contributed by atoms with van der Waals surface area (Å²) < 4.78 is 0. The van der Waals surface area contributed by atoms with Gasteiger partial charge >= 0.3 is 0 Å². The summed E-state index contributed by atoms with van der Waals surface area (Å²) in [6, 6.07) is 7.54. The molecule has 0 aliphatic carbocycles. The number of carbonyl (C=O) groups is 1. The third-order valence-electron chi connectivity index (χ3n) is 3.49. The molecular weight excluding hydrogens is 248 g/mol. The van der Waals surface area contributed by atoms with Crippen LogP contribution in [0.3, 0.4) is 0 Å². The van der Waals surface area contributed by atoms with Crippen molar-refractivity contribution in [1.82, 2.24) is 9.80 Å². The highest BCUT2D eigenvalue weighted by molar-refractivity contribution is 6.30. The van der Waals surface area contributed by atoms with Crippen LogP contribution in [-0.2, 0) is 11.2 Å². The Morgan fingerprint density at radius 1 is 1.39 bits per heavy atom. The van der Waals surface area contributed by atoms with E-state index in [2.05, 4.69) is 16.8 Å². The molecule has 1 atom stereocenters. The van der Waals surface area contributed by atoms with Gasteiger partial charge in [-0.1, -0.05) is 23.7 Å². The quantitative estimate of drug-likeness (QED) is 0.832. The molecule has 0 N–H and O–H groups in total. The molecule has 0 amide bonds. The van der Waals surface area contributed by atoms with Gasteiger partial charge in [-0.2, -0.15) is 0 Å². The standard InChI is InChI=1S/C14H19ClN2O/c1-16-6-7-17(2)13(10-16)14(18)9-11-4-3-5-12(15)8-11/h3-5,8,13H,6-7,9-10H2,1-2H3. The van der Waals surface area contributed by atoms with Gasteiger partial charge in [0.05, 0.1) is 6.04 Å². The van der Waals surface area contributed by atoms with Crippen LogP contribution in [0.4, 0.5) is 0 Å². The smallest absolute Gasteiger partial charge is 0.155 e. The first-order chi connectivity index (χ1) is 8.56. The Hall–Kier alpha value is -0.900. The zero-order valence-corrected chi connectivity index (χ0v) is 11.7. The average molecular weight is 267 g/mol. The number of ketones is 1. The summed E-state index contributed by atoms with van der Waals surface area (Å²) >= 11 is 5.94. The van der Waals surface area contributed by atoms with E-state index in [1.165, 1.54) is 0 Å². The van der Waals surface area contributed by atoms with Crippen LogP contribution in [0.1, 0.15) is 5.56 Å². The zero-order valence-electron chi connectivity index (χ0n) is 10.9. The van der Waals surface area contributed by atoms with Gasteiger partial charge in [0.1, 0.15) is 0 Å². The van der Waals surface area contributed by atoms with Gasteiger partial charge in [-0.15, -0.1) is 0 Å². The molecule has 0 spiro atoms. The van der Waals surface area contributed by atoms with E-state index in [-0.39, 0.29) is 11.8 Å². The summed E-state index contributed by atoms with van der Waals surface area (Å²) in [6.07, 6.45) is 0.462. The number of hydrogen-bond acceptors (Lipinski definition) is 3. The van der Waals surface area contributed by atoms with E-state index in [1.807, 2.05) is 31.3 Å². The van der Waals surface area contributed by atoms with Crippen molar-refractivity contribution in [2.45, 2.75) is 12.5 Å². The van der Waals surface area contributed by atoms with E-state index in [9.17, 15) is 4.79 Å². The second kappa shape index (κ2) is 5.83. The van der Waals surface area contributed by atoms with E-state index in [0.29, 0.717) is 11.4 Å². The summed E-state index contributed by atoms with van der Waals surface area (Å²) in [4.78, 5) is 16.7. The molecule has 0 bridgehead atoms. The minimum atomic E-state index is 0.00253. The number of rotatable bonds is 3. The predicted molar refractivity (Wildman–Crippen MR) is 74.1 cm³/mol. The van der Waals surface area contributed by atoms with Gasteiger partial charge in [0, 0.05) is 31.1 Å². The van der Waals surface area contributed by atoms with Crippen molar-refractivity contribution in [2.75, 3.05) is 33.7 Å². The number of halogens is 1. The lowest BCUT2D eigenvalue weighted by atomic mass is 10.0. The molecule has 2 rings (SSSR count). The zero-order chi connectivity index (χ0) is 13.1. The number of piperazine rings is 1. The fraction of sp³-hybridized carbons (Fsp3) is 0.500. The second-order valence-corrected chi connectivity index (χ2v) is 5.47. The normalized spacial score (nSPS) is 22.1. The van der Waals surface area contributed by atoms with E-state index < -0.39 is 0 Å². The van der Waals surface area contributed by atoms with E-state index >= 15 is 0 Å². The number of carbonyl (C=O) groups excluding carboxylic acids is 1.